The predicted molar refractivity (Wildman–Crippen MR) is 95.8 cm³/mol. The van der Waals surface area contributed by atoms with Crippen molar-refractivity contribution in [1.82, 2.24) is 15.5 Å². The standard InChI is InChI=1S/C19H21N3O4/c1-3-5-11-20-19(25)21-15-13-22(17(15)23)16(18(24)26-12-4-2)14-9-7-6-8-10-14/h1,4,6-10,15-16H,2,5,11-13H2,(H2,20,21,25)/t15?,16-/m1/s1. The van der Waals surface area contributed by atoms with E-state index < -0.39 is 24.1 Å². The monoisotopic (exact) mass is 355 g/mol. The van der Waals surface area contributed by atoms with Crippen molar-refractivity contribution in [3.05, 3.63) is 48.6 Å². The first-order valence-corrected chi connectivity index (χ1v) is 8.19. The second-order valence-corrected chi connectivity index (χ2v) is 5.63. The van der Waals surface area contributed by atoms with Crippen molar-refractivity contribution in [3.8, 4) is 12.3 Å². The Morgan fingerprint density at radius 1 is 1.42 bits per heavy atom. The zero-order chi connectivity index (χ0) is 18.9. The molecule has 1 saturated heterocycles. The molecule has 1 unspecified atom stereocenters. The molecule has 0 saturated carbocycles. The highest BCUT2D eigenvalue weighted by atomic mass is 16.5. The van der Waals surface area contributed by atoms with Crippen molar-refractivity contribution in [3.63, 3.8) is 0 Å². The number of nitrogens with one attached hydrogen (secondary N) is 2. The minimum absolute atomic E-state index is 0.0590. The first kappa shape index (κ1) is 19.1. The highest BCUT2D eigenvalue weighted by Gasteiger charge is 2.45. The van der Waals surface area contributed by atoms with Crippen LogP contribution in [0.4, 0.5) is 4.79 Å². The van der Waals surface area contributed by atoms with Crippen molar-refractivity contribution in [1.29, 1.82) is 0 Å². The second kappa shape index (κ2) is 9.28. The van der Waals surface area contributed by atoms with Crippen LogP contribution >= 0.6 is 0 Å². The van der Waals surface area contributed by atoms with E-state index in [1.54, 1.807) is 24.3 Å². The Kier molecular flexibility index (Phi) is 6.80. The van der Waals surface area contributed by atoms with Crippen molar-refractivity contribution in [2.24, 2.45) is 0 Å². The Hall–Kier alpha value is -3.27. The lowest BCUT2D eigenvalue weighted by Gasteiger charge is -2.42. The molecule has 7 nitrogen and oxygen atoms in total. The molecule has 1 aliphatic rings. The van der Waals surface area contributed by atoms with Gasteiger partial charge in [-0.3, -0.25) is 4.79 Å². The normalized spacial score (nSPS) is 16.7. The van der Waals surface area contributed by atoms with Gasteiger partial charge in [-0.25, -0.2) is 9.59 Å². The quantitative estimate of drug-likeness (QED) is 0.239. The molecule has 26 heavy (non-hydrogen) atoms. The number of benzene rings is 1. The lowest BCUT2D eigenvalue weighted by molar-refractivity contribution is -0.162. The number of amides is 3. The number of hydrogen-bond donors (Lipinski definition) is 2. The number of ether oxygens (including phenoxy) is 1. The molecule has 1 aromatic rings. The van der Waals surface area contributed by atoms with E-state index in [-0.39, 0.29) is 19.1 Å². The smallest absolute Gasteiger partial charge is 0.333 e. The first-order valence-electron chi connectivity index (χ1n) is 8.19. The zero-order valence-electron chi connectivity index (χ0n) is 14.3. The third kappa shape index (κ3) is 4.63. The molecule has 0 radical (unpaired) electrons. The molecule has 0 aliphatic carbocycles. The number of carbonyl (C=O) groups excluding carboxylic acids is 3. The van der Waals surface area contributed by atoms with E-state index in [0.29, 0.717) is 18.5 Å². The number of likely N-dealkylation sites (tertiary alicyclic amines) is 1. The van der Waals surface area contributed by atoms with Crippen LogP contribution in [0.2, 0.25) is 0 Å². The summed E-state index contributed by atoms with van der Waals surface area (Å²) in [6.07, 6.45) is 6.98. The summed E-state index contributed by atoms with van der Waals surface area (Å²) in [6, 6.07) is 6.87. The number of β-lactam (4-membered cyclic amide) rings is 1. The third-order valence-electron chi connectivity index (χ3n) is 3.81. The largest absolute Gasteiger partial charge is 0.460 e. The summed E-state index contributed by atoms with van der Waals surface area (Å²) in [7, 11) is 0. The van der Waals surface area contributed by atoms with Gasteiger partial charge in [0.05, 0.1) is 6.54 Å². The van der Waals surface area contributed by atoms with Gasteiger partial charge in [-0.1, -0.05) is 43.0 Å². The number of carbonyl (C=O) groups is 3. The maximum Gasteiger partial charge on any atom is 0.333 e. The average molecular weight is 355 g/mol. The molecule has 1 aromatic carbocycles. The Balaban J connectivity index is 2.01. The van der Waals surface area contributed by atoms with Crippen LogP contribution in [-0.2, 0) is 14.3 Å². The van der Waals surface area contributed by atoms with Crippen LogP contribution < -0.4 is 10.6 Å². The molecule has 3 amide bonds. The second-order valence-electron chi connectivity index (χ2n) is 5.63. The van der Waals surface area contributed by atoms with Gasteiger partial charge < -0.3 is 20.3 Å². The summed E-state index contributed by atoms with van der Waals surface area (Å²) in [5, 5.41) is 5.13. The third-order valence-corrected chi connectivity index (χ3v) is 3.81. The Labute approximate surface area is 152 Å². The summed E-state index contributed by atoms with van der Waals surface area (Å²) in [5.74, 6) is 1.52. The van der Waals surface area contributed by atoms with E-state index in [9.17, 15) is 14.4 Å². The molecule has 2 atom stereocenters. The van der Waals surface area contributed by atoms with Gasteiger partial charge in [-0.2, -0.15) is 0 Å². The van der Waals surface area contributed by atoms with E-state index in [2.05, 4.69) is 23.1 Å². The summed E-state index contributed by atoms with van der Waals surface area (Å²) >= 11 is 0. The number of nitrogens with zero attached hydrogens (tertiary/aromatic N) is 1. The Morgan fingerprint density at radius 2 is 2.15 bits per heavy atom. The molecule has 1 fully saturated rings. The van der Waals surface area contributed by atoms with E-state index in [0.717, 1.165) is 0 Å². The van der Waals surface area contributed by atoms with Crippen LogP contribution in [0.5, 0.6) is 0 Å². The van der Waals surface area contributed by atoms with E-state index in [1.165, 1.54) is 11.0 Å². The molecule has 2 N–H and O–H groups in total. The van der Waals surface area contributed by atoms with Gasteiger partial charge in [0.2, 0.25) is 5.91 Å². The lowest BCUT2D eigenvalue weighted by atomic mass is 9.98. The lowest BCUT2D eigenvalue weighted by Crippen LogP contribution is -2.66. The summed E-state index contributed by atoms with van der Waals surface area (Å²) in [4.78, 5) is 38.0. The SMILES string of the molecule is C#CCCNC(=O)NC1CN([C@@H](C(=O)OCC=C)c2ccccc2)C1=O. The van der Waals surface area contributed by atoms with Crippen molar-refractivity contribution >= 4 is 17.9 Å². The number of esters is 1. The van der Waals surface area contributed by atoms with Gasteiger partial charge in [-0.05, 0) is 5.56 Å². The molecular weight excluding hydrogens is 334 g/mol. The van der Waals surface area contributed by atoms with Crippen LogP contribution in [0.1, 0.15) is 18.0 Å². The summed E-state index contributed by atoms with van der Waals surface area (Å²) in [6.45, 7) is 4.11. The molecule has 0 spiro atoms. The first-order chi connectivity index (χ1) is 12.6. The minimum Gasteiger partial charge on any atom is -0.460 e. The fourth-order valence-corrected chi connectivity index (χ4v) is 2.55. The molecule has 0 aromatic heterocycles. The van der Waals surface area contributed by atoms with Crippen LogP contribution in [0, 0.1) is 12.3 Å². The van der Waals surface area contributed by atoms with Crippen molar-refractivity contribution in [2.45, 2.75) is 18.5 Å². The maximum absolute atomic E-state index is 12.4. The number of rotatable bonds is 8. The van der Waals surface area contributed by atoms with E-state index in [4.69, 9.17) is 11.2 Å². The van der Waals surface area contributed by atoms with Crippen molar-refractivity contribution < 1.29 is 19.1 Å². The highest BCUT2D eigenvalue weighted by molar-refractivity contribution is 5.95. The summed E-state index contributed by atoms with van der Waals surface area (Å²) in [5.41, 5.74) is 0.645. The molecule has 1 heterocycles. The number of urea groups is 1. The van der Waals surface area contributed by atoms with Crippen LogP contribution in [0.25, 0.3) is 0 Å². The molecule has 2 rings (SSSR count). The van der Waals surface area contributed by atoms with Gasteiger partial charge in [0.15, 0.2) is 6.04 Å². The number of hydrogen-bond acceptors (Lipinski definition) is 4. The molecule has 7 heteroatoms. The fraction of sp³-hybridized carbons (Fsp3) is 0.316. The molecular formula is C19H21N3O4. The Morgan fingerprint density at radius 3 is 2.77 bits per heavy atom. The number of terminal acetylenes is 1. The van der Waals surface area contributed by atoms with Gasteiger partial charge in [0.25, 0.3) is 0 Å². The minimum atomic E-state index is -0.855. The molecule has 136 valence electrons. The van der Waals surface area contributed by atoms with E-state index in [1.807, 2.05) is 6.07 Å². The van der Waals surface area contributed by atoms with Crippen molar-refractivity contribution in [2.75, 3.05) is 19.7 Å². The maximum atomic E-state index is 12.4. The molecule has 0 bridgehead atoms. The van der Waals surface area contributed by atoms with Gasteiger partial charge in [0, 0.05) is 13.0 Å². The van der Waals surface area contributed by atoms with Gasteiger partial charge in [-0.15, -0.1) is 12.3 Å². The van der Waals surface area contributed by atoms with Crippen LogP contribution in [0.15, 0.2) is 43.0 Å². The fourth-order valence-electron chi connectivity index (χ4n) is 2.55. The van der Waals surface area contributed by atoms with E-state index >= 15 is 0 Å². The van der Waals surface area contributed by atoms with Crippen LogP contribution in [-0.4, -0.2) is 48.5 Å². The topological polar surface area (TPSA) is 87.7 Å². The Bertz CT molecular complexity index is 711. The highest BCUT2D eigenvalue weighted by Crippen LogP contribution is 2.28. The summed E-state index contributed by atoms with van der Waals surface area (Å²) < 4.78 is 5.13. The predicted octanol–water partition coefficient (Wildman–Crippen LogP) is 0.990. The van der Waals surface area contributed by atoms with Gasteiger partial charge >= 0.3 is 12.0 Å². The van der Waals surface area contributed by atoms with Gasteiger partial charge in [0.1, 0.15) is 12.6 Å². The van der Waals surface area contributed by atoms with Crippen LogP contribution in [0.3, 0.4) is 0 Å². The average Bonchev–Trinajstić information content (AvgIpc) is 2.66. The zero-order valence-corrected chi connectivity index (χ0v) is 14.3. The molecule has 1 aliphatic heterocycles.